The lowest BCUT2D eigenvalue weighted by Gasteiger charge is -2.09. The van der Waals surface area contributed by atoms with Gasteiger partial charge in [0.1, 0.15) is 10.8 Å². The average Bonchev–Trinajstić information content (AvgIpc) is 3.17. The molecule has 1 aromatic heterocycles. The van der Waals surface area contributed by atoms with Crippen molar-refractivity contribution in [3.8, 4) is 16.3 Å². The van der Waals surface area contributed by atoms with Gasteiger partial charge in [-0.15, -0.1) is 21.8 Å². The van der Waals surface area contributed by atoms with Crippen LogP contribution < -0.4 is 15.4 Å². The number of nitrogens with zero attached hydrogens (tertiary/aromatic N) is 2. The summed E-state index contributed by atoms with van der Waals surface area (Å²) in [5, 5.41) is 14.6. The first-order valence-corrected chi connectivity index (χ1v) is 9.70. The van der Waals surface area contributed by atoms with Gasteiger partial charge < -0.3 is 10.1 Å². The molecule has 0 aliphatic carbocycles. The van der Waals surface area contributed by atoms with Crippen molar-refractivity contribution in [3.05, 3.63) is 54.1 Å². The molecule has 0 aliphatic rings. The van der Waals surface area contributed by atoms with Gasteiger partial charge in [-0.1, -0.05) is 23.5 Å². The summed E-state index contributed by atoms with van der Waals surface area (Å²) in [6.45, 7) is 0. The Bertz CT molecular complexity index is 975. The molecule has 3 rings (SSSR count). The molecule has 144 valence electrons. The predicted molar refractivity (Wildman–Crippen MR) is 110 cm³/mol. The van der Waals surface area contributed by atoms with Crippen molar-refractivity contribution in [1.82, 2.24) is 10.2 Å². The molecule has 2 aromatic carbocycles. The molecule has 0 unspecified atom stereocenters. The van der Waals surface area contributed by atoms with Gasteiger partial charge in [-0.2, -0.15) is 0 Å². The predicted octanol–water partition coefficient (Wildman–Crippen LogP) is 4.03. The van der Waals surface area contributed by atoms with Crippen molar-refractivity contribution in [3.63, 3.8) is 0 Å². The zero-order chi connectivity index (χ0) is 19.9. The second-order valence-electron chi connectivity index (χ2n) is 5.63. The van der Waals surface area contributed by atoms with Crippen LogP contribution in [0.2, 0.25) is 0 Å². The summed E-state index contributed by atoms with van der Waals surface area (Å²) < 4.78 is 5.14. The molecule has 2 amide bonds. The molecule has 9 heteroatoms. The number of nitrogens with one attached hydrogen (secondary N) is 2. The van der Waals surface area contributed by atoms with E-state index in [4.69, 9.17) is 16.3 Å². The molecule has 0 radical (unpaired) electrons. The summed E-state index contributed by atoms with van der Waals surface area (Å²) >= 11 is 6.83. The van der Waals surface area contributed by atoms with Gasteiger partial charge in [-0.05, 0) is 36.4 Å². The molecule has 0 spiro atoms. The molecule has 0 aliphatic heterocycles. The molecular weight excluding hydrogens is 400 g/mol. The minimum absolute atomic E-state index is 0.166. The number of carbonyl (C=O) groups is 2. The van der Waals surface area contributed by atoms with Crippen LogP contribution in [0.1, 0.15) is 16.8 Å². The Hall–Kier alpha value is -2.97. The Labute approximate surface area is 170 Å². The SMILES string of the molecule is COc1ccc(-c2nnc(NC(=O)c3ccccc3NC(=O)CCCl)s2)cc1. The van der Waals surface area contributed by atoms with Gasteiger partial charge in [0.2, 0.25) is 11.0 Å². The van der Waals surface area contributed by atoms with E-state index in [1.807, 2.05) is 24.3 Å². The Morgan fingerprint density at radius 2 is 1.82 bits per heavy atom. The summed E-state index contributed by atoms with van der Waals surface area (Å²) in [6.07, 6.45) is 0.166. The van der Waals surface area contributed by atoms with E-state index in [0.29, 0.717) is 21.4 Å². The number of anilines is 2. The van der Waals surface area contributed by atoms with Crippen molar-refractivity contribution in [1.29, 1.82) is 0 Å². The lowest BCUT2D eigenvalue weighted by Crippen LogP contribution is -2.18. The number of halogens is 1. The fraction of sp³-hybridized carbons (Fsp3) is 0.158. The molecule has 2 N–H and O–H groups in total. The highest BCUT2D eigenvalue weighted by Crippen LogP contribution is 2.28. The van der Waals surface area contributed by atoms with Crippen LogP contribution in [0.5, 0.6) is 5.75 Å². The number of amides is 2. The maximum atomic E-state index is 12.6. The van der Waals surface area contributed by atoms with E-state index in [-0.39, 0.29) is 24.1 Å². The summed E-state index contributed by atoms with van der Waals surface area (Å²) in [4.78, 5) is 24.4. The number of alkyl halides is 1. The molecule has 3 aromatic rings. The normalized spacial score (nSPS) is 10.4. The fourth-order valence-corrected chi connectivity index (χ4v) is 3.29. The Morgan fingerprint density at radius 1 is 1.07 bits per heavy atom. The van der Waals surface area contributed by atoms with Crippen LogP contribution in [-0.4, -0.2) is 35.0 Å². The van der Waals surface area contributed by atoms with Crippen LogP contribution >= 0.6 is 22.9 Å². The molecule has 0 saturated heterocycles. The first-order valence-electron chi connectivity index (χ1n) is 8.35. The van der Waals surface area contributed by atoms with Gasteiger partial charge in [0.05, 0.1) is 18.4 Å². The van der Waals surface area contributed by atoms with Crippen LogP contribution in [0.4, 0.5) is 10.8 Å². The van der Waals surface area contributed by atoms with Crippen molar-refractivity contribution >= 4 is 45.6 Å². The average molecular weight is 417 g/mol. The molecule has 0 bridgehead atoms. The third kappa shape index (κ3) is 4.85. The standard InChI is InChI=1S/C19H17ClN4O3S/c1-27-13-8-6-12(7-9-13)18-23-24-19(28-18)22-17(26)14-4-2-3-5-15(14)21-16(25)10-11-20/h2-9H,10-11H2,1H3,(H,21,25)(H,22,24,26). The number of aromatic nitrogens is 2. The minimum atomic E-state index is -0.390. The molecule has 28 heavy (non-hydrogen) atoms. The lowest BCUT2D eigenvalue weighted by atomic mass is 10.1. The van der Waals surface area contributed by atoms with Crippen molar-refractivity contribution in [2.45, 2.75) is 6.42 Å². The van der Waals surface area contributed by atoms with Crippen LogP contribution in [0, 0.1) is 0 Å². The third-order valence-electron chi connectivity index (χ3n) is 3.75. The summed E-state index contributed by atoms with van der Waals surface area (Å²) in [5.74, 6) is 0.306. The van der Waals surface area contributed by atoms with Gasteiger partial charge in [0, 0.05) is 17.9 Å². The Morgan fingerprint density at radius 3 is 2.54 bits per heavy atom. The molecule has 1 heterocycles. The van der Waals surface area contributed by atoms with Crippen LogP contribution in [-0.2, 0) is 4.79 Å². The zero-order valence-electron chi connectivity index (χ0n) is 14.9. The molecule has 0 atom stereocenters. The van der Waals surface area contributed by atoms with Crippen molar-refractivity contribution in [2.24, 2.45) is 0 Å². The minimum Gasteiger partial charge on any atom is -0.497 e. The fourth-order valence-electron chi connectivity index (χ4n) is 2.38. The van der Waals surface area contributed by atoms with Crippen LogP contribution in [0.15, 0.2) is 48.5 Å². The number of carbonyl (C=O) groups excluding carboxylic acids is 2. The van der Waals surface area contributed by atoms with E-state index >= 15 is 0 Å². The molecule has 0 saturated carbocycles. The first-order chi connectivity index (χ1) is 13.6. The largest absolute Gasteiger partial charge is 0.497 e. The Balaban J connectivity index is 1.73. The summed E-state index contributed by atoms with van der Waals surface area (Å²) in [6, 6.07) is 14.1. The van der Waals surface area contributed by atoms with E-state index in [2.05, 4.69) is 20.8 Å². The third-order valence-corrected chi connectivity index (χ3v) is 4.83. The van der Waals surface area contributed by atoms with Crippen LogP contribution in [0.3, 0.4) is 0 Å². The number of rotatable bonds is 7. The van der Waals surface area contributed by atoms with Gasteiger partial charge in [-0.25, -0.2) is 0 Å². The molecular formula is C19H17ClN4O3S. The van der Waals surface area contributed by atoms with E-state index in [0.717, 1.165) is 11.3 Å². The van der Waals surface area contributed by atoms with E-state index in [1.54, 1.807) is 31.4 Å². The topological polar surface area (TPSA) is 93.2 Å². The van der Waals surface area contributed by atoms with Crippen molar-refractivity contribution < 1.29 is 14.3 Å². The monoisotopic (exact) mass is 416 g/mol. The number of methoxy groups -OCH3 is 1. The smallest absolute Gasteiger partial charge is 0.259 e. The maximum Gasteiger partial charge on any atom is 0.259 e. The maximum absolute atomic E-state index is 12.6. The quantitative estimate of drug-likeness (QED) is 0.567. The number of hydrogen-bond acceptors (Lipinski definition) is 6. The second-order valence-corrected chi connectivity index (χ2v) is 6.98. The van der Waals surface area contributed by atoms with Crippen molar-refractivity contribution in [2.75, 3.05) is 23.6 Å². The summed E-state index contributed by atoms with van der Waals surface area (Å²) in [7, 11) is 1.60. The van der Waals surface area contributed by atoms with Crippen LogP contribution in [0.25, 0.3) is 10.6 Å². The second kappa shape index (κ2) is 9.29. The van der Waals surface area contributed by atoms with E-state index in [1.165, 1.54) is 11.3 Å². The summed E-state index contributed by atoms with van der Waals surface area (Å²) in [5.41, 5.74) is 1.61. The first kappa shape index (κ1) is 19.8. The lowest BCUT2D eigenvalue weighted by molar-refractivity contribution is -0.115. The van der Waals surface area contributed by atoms with Gasteiger partial charge in [-0.3, -0.25) is 14.9 Å². The molecule has 0 fully saturated rings. The highest BCUT2D eigenvalue weighted by molar-refractivity contribution is 7.18. The highest BCUT2D eigenvalue weighted by atomic mass is 35.5. The number of para-hydroxylation sites is 1. The van der Waals surface area contributed by atoms with Gasteiger partial charge in [0.15, 0.2) is 0 Å². The number of ether oxygens (including phenoxy) is 1. The zero-order valence-corrected chi connectivity index (χ0v) is 16.5. The number of benzene rings is 2. The Kier molecular flexibility index (Phi) is 6.57. The number of hydrogen-bond donors (Lipinski definition) is 2. The van der Waals surface area contributed by atoms with E-state index < -0.39 is 0 Å². The van der Waals surface area contributed by atoms with Gasteiger partial charge >= 0.3 is 0 Å². The highest BCUT2D eigenvalue weighted by Gasteiger charge is 2.15. The molecule has 7 nitrogen and oxygen atoms in total. The van der Waals surface area contributed by atoms with E-state index in [9.17, 15) is 9.59 Å². The van der Waals surface area contributed by atoms with Gasteiger partial charge in [0.25, 0.3) is 5.91 Å².